The molecule has 2 aromatic carbocycles. The van der Waals surface area contributed by atoms with Crippen LogP contribution in [0.15, 0.2) is 48.5 Å². The Bertz CT molecular complexity index is 531. The summed E-state index contributed by atoms with van der Waals surface area (Å²) in [5.74, 6) is 1.68. The van der Waals surface area contributed by atoms with Crippen molar-refractivity contribution in [1.29, 1.82) is 0 Å². The molecule has 0 spiro atoms. The van der Waals surface area contributed by atoms with Crippen LogP contribution in [0.2, 0.25) is 5.02 Å². The van der Waals surface area contributed by atoms with Gasteiger partial charge in [0, 0.05) is 23.7 Å². The summed E-state index contributed by atoms with van der Waals surface area (Å²) >= 11 is 6.17. The topological polar surface area (TPSA) is 30.5 Å². The fourth-order valence-corrected chi connectivity index (χ4v) is 2.11. The zero-order chi connectivity index (χ0) is 14.2. The van der Waals surface area contributed by atoms with E-state index in [-0.39, 0.29) is 0 Å². The number of halogens is 1. The van der Waals surface area contributed by atoms with Crippen LogP contribution < -0.4 is 14.8 Å². The van der Waals surface area contributed by atoms with Gasteiger partial charge >= 0.3 is 0 Å². The molecule has 0 aliphatic carbocycles. The van der Waals surface area contributed by atoms with Gasteiger partial charge in [0.2, 0.25) is 0 Å². The van der Waals surface area contributed by atoms with Crippen LogP contribution in [-0.2, 0) is 6.54 Å². The van der Waals surface area contributed by atoms with E-state index in [1.807, 2.05) is 48.5 Å². The number of methoxy groups -OCH3 is 1. The number of ether oxygens (including phenoxy) is 2. The Hall–Kier alpha value is -1.71. The minimum absolute atomic E-state index is 0.608. The average molecular weight is 292 g/mol. The van der Waals surface area contributed by atoms with Crippen molar-refractivity contribution in [3.8, 4) is 11.5 Å². The SMILES string of the molecule is COc1cccc(Cl)c1CNCCOc1ccccc1. The van der Waals surface area contributed by atoms with Crippen molar-refractivity contribution in [2.24, 2.45) is 0 Å². The van der Waals surface area contributed by atoms with Crippen molar-refractivity contribution < 1.29 is 9.47 Å². The second-order valence-corrected chi connectivity index (χ2v) is 4.67. The highest BCUT2D eigenvalue weighted by atomic mass is 35.5. The Morgan fingerprint density at radius 2 is 1.85 bits per heavy atom. The van der Waals surface area contributed by atoms with Gasteiger partial charge in [-0.3, -0.25) is 0 Å². The summed E-state index contributed by atoms with van der Waals surface area (Å²) in [7, 11) is 1.65. The van der Waals surface area contributed by atoms with Crippen molar-refractivity contribution in [2.45, 2.75) is 6.54 Å². The van der Waals surface area contributed by atoms with Crippen LogP contribution in [0.25, 0.3) is 0 Å². The molecule has 2 aromatic rings. The van der Waals surface area contributed by atoms with Crippen LogP contribution in [0.5, 0.6) is 11.5 Å². The normalized spacial score (nSPS) is 10.3. The van der Waals surface area contributed by atoms with Crippen LogP contribution in [-0.4, -0.2) is 20.3 Å². The molecule has 1 N–H and O–H groups in total. The Labute approximate surface area is 124 Å². The molecule has 0 heterocycles. The molecule has 0 unspecified atom stereocenters. The first kappa shape index (κ1) is 14.7. The predicted octanol–water partition coefficient (Wildman–Crippen LogP) is 3.52. The lowest BCUT2D eigenvalue weighted by Crippen LogP contribution is -2.21. The van der Waals surface area contributed by atoms with Gasteiger partial charge in [-0.1, -0.05) is 35.9 Å². The van der Waals surface area contributed by atoms with E-state index in [0.717, 1.165) is 23.6 Å². The van der Waals surface area contributed by atoms with Gasteiger partial charge in [-0.2, -0.15) is 0 Å². The van der Waals surface area contributed by atoms with E-state index in [9.17, 15) is 0 Å². The van der Waals surface area contributed by atoms with Gasteiger partial charge in [0.05, 0.1) is 7.11 Å². The zero-order valence-corrected chi connectivity index (χ0v) is 12.2. The van der Waals surface area contributed by atoms with Gasteiger partial charge in [-0.05, 0) is 24.3 Å². The molecular weight excluding hydrogens is 274 g/mol. The number of hydrogen-bond acceptors (Lipinski definition) is 3. The zero-order valence-electron chi connectivity index (χ0n) is 11.4. The highest BCUT2D eigenvalue weighted by Crippen LogP contribution is 2.25. The van der Waals surface area contributed by atoms with Crippen LogP contribution in [0.3, 0.4) is 0 Å². The number of nitrogens with one attached hydrogen (secondary N) is 1. The molecule has 0 saturated heterocycles. The lowest BCUT2D eigenvalue weighted by molar-refractivity contribution is 0.313. The van der Waals surface area contributed by atoms with E-state index in [1.165, 1.54) is 0 Å². The van der Waals surface area contributed by atoms with Crippen LogP contribution >= 0.6 is 11.6 Å². The summed E-state index contributed by atoms with van der Waals surface area (Å²) in [6.07, 6.45) is 0. The fraction of sp³-hybridized carbons (Fsp3) is 0.250. The number of rotatable bonds is 7. The van der Waals surface area contributed by atoms with E-state index in [4.69, 9.17) is 21.1 Å². The Balaban J connectivity index is 1.76. The Morgan fingerprint density at radius 3 is 2.60 bits per heavy atom. The molecule has 4 heteroatoms. The molecule has 0 aliphatic rings. The quantitative estimate of drug-likeness (QED) is 0.792. The highest BCUT2D eigenvalue weighted by molar-refractivity contribution is 6.31. The summed E-state index contributed by atoms with van der Waals surface area (Å²) in [5.41, 5.74) is 0.969. The molecule has 0 amide bonds. The first-order valence-electron chi connectivity index (χ1n) is 6.51. The van der Waals surface area contributed by atoms with Gasteiger partial charge < -0.3 is 14.8 Å². The van der Waals surface area contributed by atoms with E-state index in [0.29, 0.717) is 18.2 Å². The Kier molecular flexibility index (Phi) is 5.71. The summed E-state index contributed by atoms with van der Waals surface area (Å²) in [5, 5.41) is 4.01. The second kappa shape index (κ2) is 7.78. The van der Waals surface area contributed by atoms with Crippen molar-refractivity contribution in [1.82, 2.24) is 5.32 Å². The van der Waals surface area contributed by atoms with Gasteiger partial charge in [-0.25, -0.2) is 0 Å². The molecular formula is C16H18ClNO2. The molecule has 0 fully saturated rings. The van der Waals surface area contributed by atoms with E-state index in [2.05, 4.69) is 5.32 Å². The lowest BCUT2D eigenvalue weighted by Gasteiger charge is -2.11. The third kappa shape index (κ3) is 4.15. The fourth-order valence-electron chi connectivity index (χ4n) is 1.87. The molecule has 0 radical (unpaired) electrons. The summed E-state index contributed by atoms with van der Waals surface area (Å²) in [6.45, 7) is 2.00. The predicted molar refractivity (Wildman–Crippen MR) is 81.6 cm³/mol. The van der Waals surface area contributed by atoms with Crippen molar-refractivity contribution in [3.05, 3.63) is 59.1 Å². The van der Waals surface area contributed by atoms with Crippen molar-refractivity contribution in [3.63, 3.8) is 0 Å². The Morgan fingerprint density at radius 1 is 1.05 bits per heavy atom. The smallest absolute Gasteiger partial charge is 0.124 e. The molecule has 0 saturated carbocycles. The molecule has 0 aliphatic heterocycles. The maximum absolute atomic E-state index is 6.17. The molecule has 106 valence electrons. The van der Waals surface area contributed by atoms with Crippen LogP contribution in [0.4, 0.5) is 0 Å². The number of hydrogen-bond donors (Lipinski definition) is 1. The largest absolute Gasteiger partial charge is 0.496 e. The third-order valence-electron chi connectivity index (χ3n) is 2.89. The molecule has 0 atom stereocenters. The monoisotopic (exact) mass is 291 g/mol. The van der Waals surface area contributed by atoms with E-state index >= 15 is 0 Å². The lowest BCUT2D eigenvalue weighted by atomic mass is 10.2. The van der Waals surface area contributed by atoms with Gasteiger partial charge in [0.1, 0.15) is 18.1 Å². The average Bonchev–Trinajstić information content (AvgIpc) is 2.49. The van der Waals surface area contributed by atoms with Crippen molar-refractivity contribution in [2.75, 3.05) is 20.3 Å². The third-order valence-corrected chi connectivity index (χ3v) is 3.24. The van der Waals surface area contributed by atoms with Gasteiger partial charge in [0.25, 0.3) is 0 Å². The van der Waals surface area contributed by atoms with Gasteiger partial charge in [-0.15, -0.1) is 0 Å². The maximum atomic E-state index is 6.17. The summed E-state index contributed by atoms with van der Waals surface area (Å²) in [4.78, 5) is 0. The van der Waals surface area contributed by atoms with E-state index in [1.54, 1.807) is 7.11 Å². The van der Waals surface area contributed by atoms with Crippen LogP contribution in [0, 0.1) is 0 Å². The second-order valence-electron chi connectivity index (χ2n) is 4.26. The first-order chi connectivity index (χ1) is 9.81. The number of para-hydroxylation sites is 1. The van der Waals surface area contributed by atoms with Gasteiger partial charge in [0.15, 0.2) is 0 Å². The maximum Gasteiger partial charge on any atom is 0.124 e. The summed E-state index contributed by atoms with van der Waals surface area (Å²) in [6, 6.07) is 15.4. The molecule has 2 rings (SSSR count). The molecule has 0 aromatic heterocycles. The first-order valence-corrected chi connectivity index (χ1v) is 6.89. The number of benzene rings is 2. The summed E-state index contributed by atoms with van der Waals surface area (Å²) < 4.78 is 10.9. The standard InChI is InChI=1S/C16H18ClNO2/c1-19-16-9-5-8-15(17)14(16)12-18-10-11-20-13-6-3-2-4-7-13/h2-9,18H,10-12H2,1H3. The molecule has 3 nitrogen and oxygen atoms in total. The van der Waals surface area contributed by atoms with Crippen LogP contribution in [0.1, 0.15) is 5.56 Å². The minimum Gasteiger partial charge on any atom is -0.496 e. The molecule has 20 heavy (non-hydrogen) atoms. The van der Waals surface area contributed by atoms with E-state index < -0.39 is 0 Å². The highest BCUT2D eigenvalue weighted by Gasteiger charge is 2.06. The molecule has 0 bridgehead atoms. The van der Waals surface area contributed by atoms with Crippen molar-refractivity contribution >= 4 is 11.6 Å². The minimum atomic E-state index is 0.608.